The van der Waals surface area contributed by atoms with Gasteiger partial charge in [-0.25, -0.2) is 9.18 Å². The summed E-state index contributed by atoms with van der Waals surface area (Å²) in [5, 5.41) is 11.5. The molecule has 0 unspecified atom stereocenters. The first-order chi connectivity index (χ1) is 12.0. The highest BCUT2D eigenvalue weighted by atomic mass is 19.1. The van der Waals surface area contributed by atoms with Crippen LogP contribution in [0.2, 0.25) is 0 Å². The highest BCUT2D eigenvalue weighted by Gasteiger charge is 2.22. The number of carbonyl (C=O) groups is 2. The summed E-state index contributed by atoms with van der Waals surface area (Å²) >= 11 is 0. The SMILES string of the molecule is O=C(O)c1ccc(C(=O)NCc2ccccc2OCC2CC2)c(F)c1. The van der Waals surface area contributed by atoms with Crippen LogP contribution in [0.1, 0.15) is 39.1 Å². The Kier molecular flexibility index (Phi) is 4.97. The second-order valence-electron chi connectivity index (χ2n) is 6.04. The van der Waals surface area contributed by atoms with Gasteiger partial charge >= 0.3 is 5.97 Å². The fourth-order valence-electron chi connectivity index (χ4n) is 2.39. The first-order valence-corrected chi connectivity index (χ1v) is 8.06. The lowest BCUT2D eigenvalue weighted by atomic mass is 10.1. The Labute approximate surface area is 144 Å². The van der Waals surface area contributed by atoms with E-state index in [-0.39, 0.29) is 17.7 Å². The van der Waals surface area contributed by atoms with Crippen molar-refractivity contribution >= 4 is 11.9 Å². The molecule has 1 aliphatic carbocycles. The van der Waals surface area contributed by atoms with Crippen molar-refractivity contribution < 1.29 is 23.8 Å². The molecule has 6 heteroatoms. The first-order valence-electron chi connectivity index (χ1n) is 8.06. The van der Waals surface area contributed by atoms with E-state index in [0.29, 0.717) is 18.3 Å². The lowest BCUT2D eigenvalue weighted by Crippen LogP contribution is -2.24. The van der Waals surface area contributed by atoms with Gasteiger partial charge in [-0.15, -0.1) is 0 Å². The van der Waals surface area contributed by atoms with E-state index in [1.54, 1.807) is 0 Å². The van der Waals surface area contributed by atoms with Crippen molar-refractivity contribution in [2.45, 2.75) is 19.4 Å². The molecule has 2 aromatic rings. The smallest absolute Gasteiger partial charge is 0.335 e. The van der Waals surface area contributed by atoms with E-state index in [1.165, 1.54) is 25.0 Å². The molecule has 0 heterocycles. The largest absolute Gasteiger partial charge is 0.493 e. The molecule has 5 nitrogen and oxygen atoms in total. The third-order valence-corrected chi connectivity index (χ3v) is 4.04. The third kappa shape index (κ3) is 4.35. The second-order valence-corrected chi connectivity index (χ2v) is 6.04. The Morgan fingerprint density at radius 1 is 1.20 bits per heavy atom. The van der Waals surface area contributed by atoms with Gasteiger partial charge in [0, 0.05) is 12.1 Å². The maximum absolute atomic E-state index is 13.9. The van der Waals surface area contributed by atoms with Gasteiger partial charge in [-0.05, 0) is 43.0 Å². The predicted octanol–water partition coefficient (Wildman–Crippen LogP) is 3.24. The zero-order chi connectivity index (χ0) is 17.8. The van der Waals surface area contributed by atoms with E-state index >= 15 is 0 Å². The van der Waals surface area contributed by atoms with E-state index in [9.17, 15) is 14.0 Å². The van der Waals surface area contributed by atoms with Gasteiger partial charge in [0.2, 0.25) is 0 Å². The van der Waals surface area contributed by atoms with Crippen LogP contribution in [0.15, 0.2) is 42.5 Å². The van der Waals surface area contributed by atoms with Crippen LogP contribution in [0.4, 0.5) is 4.39 Å². The zero-order valence-corrected chi connectivity index (χ0v) is 13.5. The van der Waals surface area contributed by atoms with E-state index in [1.807, 2.05) is 24.3 Å². The van der Waals surface area contributed by atoms with Crippen molar-refractivity contribution in [1.29, 1.82) is 0 Å². The summed E-state index contributed by atoms with van der Waals surface area (Å²) in [5.74, 6) is -1.39. The molecule has 2 N–H and O–H groups in total. The molecule has 1 aliphatic rings. The van der Waals surface area contributed by atoms with Gasteiger partial charge < -0.3 is 15.2 Å². The van der Waals surface area contributed by atoms with Crippen LogP contribution >= 0.6 is 0 Å². The summed E-state index contributed by atoms with van der Waals surface area (Å²) in [5.41, 5.74) is 0.410. The Morgan fingerprint density at radius 3 is 2.64 bits per heavy atom. The molecule has 3 rings (SSSR count). The summed E-state index contributed by atoms with van der Waals surface area (Å²) in [4.78, 5) is 23.0. The van der Waals surface area contributed by atoms with Crippen LogP contribution in [0, 0.1) is 11.7 Å². The number of hydrogen-bond donors (Lipinski definition) is 2. The Bertz CT molecular complexity index is 802. The van der Waals surface area contributed by atoms with Gasteiger partial charge in [-0.1, -0.05) is 18.2 Å². The zero-order valence-electron chi connectivity index (χ0n) is 13.5. The van der Waals surface area contributed by atoms with Crippen molar-refractivity contribution in [2.75, 3.05) is 6.61 Å². The van der Waals surface area contributed by atoms with Crippen molar-refractivity contribution in [3.05, 3.63) is 65.0 Å². The Balaban J connectivity index is 1.65. The standard InChI is InChI=1S/C19H18FNO4/c20-16-9-13(19(23)24)7-8-15(16)18(22)21-10-14-3-1-2-4-17(14)25-11-12-5-6-12/h1-4,7-9,12H,5-6,10-11H2,(H,21,22)(H,23,24). The van der Waals surface area contributed by atoms with E-state index < -0.39 is 17.7 Å². The summed E-state index contributed by atoms with van der Waals surface area (Å²) < 4.78 is 19.7. The fraction of sp³-hybridized carbons (Fsp3) is 0.263. The normalized spacial score (nSPS) is 13.3. The number of hydrogen-bond acceptors (Lipinski definition) is 3. The number of nitrogens with one attached hydrogen (secondary N) is 1. The number of amides is 1. The first kappa shape index (κ1) is 17.0. The van der Waals surface area contributed by atoms with E-state index in [0.717, 1.165) is 11.6 Å². The number of halogens is 1. The number of rotatable bonds is 7. The predicted molar refractivity (Wildman–Crippen MR) is 89.2 cm³/mol. The monoisotopic (exact) mass is 343 g/mol. The molecule has 25 heavy (non-hydrogen) atoms. The van der Waals surface area contributed by atoms with E-state index in [4.69, 9.17) is 9.84 Å². The molecular formula is C19H18FNO4. The van der Waals surface area contributed by atoms with Crippen molar-refractivity contribution in [2.24, 2.45) is 5.92 Å². The highest BCUT2D eigenvalue weighted by Crippen LogP contribution is 2.30. The molecule has 0 aromatic heterocycles. The minimum atomic E-state index is -1.24. The molecule has 0 radical (unpaired) electrons. The second kappa shape index (κ2) is 7.34. The van der Waals surface area contributed by atoms with Gasteiger partial charge in [-0.2, -0.15) is 0 Å². The molecule has 2 aromatic carbocycles. The molecule has 1 saturated carbocycles. The lowest BCUT2D eigenvalue weighted by molar-refractivity contribution is 0.0695. The number of carbonyl (C=O) groups excluding carboxylic acids is 1. The molecule has 0 saturated heterocycles. The number of carboxylic acid groups (broad SMARTS) is 1. The summed E-state index contributed by atoms with van der Waals surface area (Å²) in [7, 11) is 0. The quantitative estimate of drug-likeness (QED) is 0.809. The highest BCUT2D eigenvalue weighted by molar-refractivity contribution is 5.96. The topological polar surface area (TPSA) is 75.6 Å². The molecule has 1 amide bonds. The molecule has 0 atom stereocenters. The maximum Gasteiger partial charge on any atom is 0.335 e. The van der Waals surface area contributed by atoms with Gasteiger partial charge in [0.1, 0.15) is 11.6 Å². The van der Waals surface area contributed by atoms with Crippen LogP contribution in [-0.4, -0.2) is 23.6 Å². The van der Waals surface area contributed by atoms with Crippen LogP contribution in [-0.2, 0) is 6.54 Å². The summed E-state index contributed by atoms with van der Waals surface area (Å²) in [6.45, 7) is 0.857. The van der Waals surface area contributed by atoms with Crippen molar-refractivity contribution in [3.63, 3.8) is 0 Å². The number of ether oxygens (including phenoxy) is 1. The number of para-hydroxylation sites is 1. The summed E-state index contributed by atoms with van der Waals surface area (Å²) in [6.07, 6.45) is 2.37. The third-order valence-electron chi connectivity index (χ3n) is 4.04. The molecule has 130 valence electrons. The Morgan fingerprint density at radius 2 is 1.96 bits per heavy atom. The minimum absolute atomic E-state index is 0.193. The van der Waals surface area contributed by atoms with Crippen LogP contribution < -0.4 is 10.1 Å². The van der Waals surface area contributed by atoms with Gasteiger partial charge in [-0.3, -0.25) is 4.79 Å². The molecule has 0 aliphatic heterocycles. The fourth-order valence-corrected chi connectivity index (χ4v) is 2.39. The number of benzene rings is 2. The van der Waals surface area contributed by atoms with E-state index in [2.05, 4.69) is 5.32 Å². The average Bonchev–Trinajstić information content (AvgIpc) is 3.42. The van der Waals surface area contributed by atoms with Crippen molar-refractivity contribution in [1.82, 2.24) is 5.32 Å². The molecule has 0 spiro atoms. The number of aromatic carboxylic acids is 1. The number of carboxylic acids is 1. The average molecular weight is 343 g/mol. The summed E-state index contributed by atoms with van der Waals surface area (Å²) in [6, 6.07) is 10.6. The lowest BCUT2D eigenvalue weighted by Gasteiger charge is -2.12. The van der Waals surface area contributed by atoms with Gasteiger partial charge in [0.25, 0.3) is 5.91 Å². The minimum Gasteiger partial charge on any atom is -0.493 e. The van der Waals surface area contributed by atoms with Gasteiger partial charge in [0.05, 0.1) is 17.7 Å². The van der Waals surface area contributed by atoms with Gasteiger partial charge in [0.15, 0.2) is 0 Å². The molecule has 1 fully saturated rings. The maximum atomic E-state index is 13.9. The van der Waals surface area contributed by atoms with Crippen LogP contribution in [0.3, 0.4) is 0 Å². The van der Waals surface area contributed by atoms with Crippen LogP contribution in [0.25, 0.3) is 0 Å². The Hall–Kier alpha value is -2.89. The van der Waals surface area contributed by atoms with Crippen LogP contribution in [0.5, 0.6) is 5.75 Å². The van der Waals surface area contributed by atoms with Crippen molar-refractivity contribution in [3.8, 4) is 5.75 Å². The molecular weight excluding hydrogens is 325 g/mol. The molecule has 0 bridgehead atoms.